The molecule has 0 aliphatic carbocycles. The number of aryl methyl sites for hydroxylation is 1. The summed E-state index contributed by atoms with van der Waals surface area (Å²) in [6, 6.07) is 0.434. The molecule has 7 nitrogen and oxygen atoms in total. The van der Waals surface area contributed by atoms with Crippen LogP contribution in [0, 0.1) is 6.92 Å². The molecule has 146 valence electrons. The van der Waals surface area contributed by atoms with Crippen LogP contribution in [0.15, 0.2) is 0 Å². The number of hydrogen-bond donors (Lipinski definition) is 0. The number of nitrogens with zero attached hydrogens (tertiary/aromatic N) is 6. The van der Waals surface area contributed by atoms with Crippen LogP contribution in [-0.4, -0.2) is 52.2 Å². The second-order valence-electron chi connectivity index (χ2n) is 7.88. The maximum Gasteiger partial charge on any atom is 0.319 e. The van der Waals surface area contributed by atoms with Crippen molar-refractivity contribution in [2.75, 3.05) is 36.0 Å². The third kappa shape index (κ3) is 3.92. The van der Waals surface area contributed by atoms with Crippen LogP contribution in [0.3, 0.4) is 0 Å². The van der Waals surface area contributed by atoms with Gasteiger partial charge in [-0.25, -0.2) is 9.97 Å². The Hall–Kier alpha value is -2.18. The Kier molecular flexibility index (Phi) is 5.27. The molecule has 2 aliphatic heterocycles. The maximum absolute atomic E-state index is 5.90. The van der Waals surface area contributed by atoms with E-state index in [1.165, 1.54) is 38.5 Å². The predicted octanol–water partition coefficient (Wildman–Crippen LogP) is 3.50. The number of rotatable bonds is 4. The highest BCUT2D eigenvalue weighted by molar-refractivity contribution is 5.93. The van der Waals surface area contributed by atoms with Crippen molar-refractivity contribution in [3.05, 3.63) is 5.82 Å². The van der Waals surface area contributed by atoms with Crippen LogP contribution in [0.2, 0.25) is 0 Å². The number of fused-ring (bicyclic) bond motifs is 1. The molecule has 0 radical (unpaired) electrons. The number of hydrogen-bond acceptors (Lipinski definition) is 7. The molecule has 0 spiro atoms. The van der Waals surface area contributed by atoms with Crippen molar-refractivity contribution in [3.63, 3.8) is 0 Å². The highest BCUT2D eigenvalue weighted by atomic mass is 16.5. The second-order valence-corrected chi connectivity index (χ2v) is 7.88. The van der Waals surface area contributed by atoms with E-state index in [0.717, 1.165) is 54.7 Å². The zero-order valence-corrected chi connectivity index (χ0v) is 16.7. The van der Waals surface area contributed by atoms with Crippen molar-refractivity contribution in [1.29, 1.82) is 0 Å². The first-order chi connectivity index (χ1) is 13.1. The monoisotopic (exact) mass is 370 g/mol. The molecule has 27 heavy (non-hydrogen) atoms. The van der Waals surface area contributed by atoms with Crippen LogP contribution < -0.4 is 14.5 Å². The van der Waals surface area contributed by atoms with E-state index in [0.29, 0.717) is 6.01 Å². The molecular formula is C20H30N6O. The van der Waals surface area contributed by atoms with E-state index in [-0.39, 0.29) is 6.10 Å². The molecule has 4 heterocycles. The third-order valence-electron chi connectivity index (χ3n) is 5.25. The molecule has 2 aromatic rings. The summed E-state index contributed by atoms with van der Waals surface area (Å²) in [5.74, 6) is 2.62. The van der Waals surface area contributed by atoms with Gasteiger partial charge in [-0.05, 0) is 59.3 Å². The number of anilines is 2. The van der Waals surface area contributed by atoms with E-state index in [1.54, 1.807) is 0 Å². The van der Waals surface area contributed by atoms with Crippen molar-refractivity contribution in [1.82, 2.24) is 19.9 Å². The first-order valence-electron chi connectivity index (χ1n) is 10.3. The van der Waals surface area contributed by atoms with Crippen LogP contribution in [-0.2, 0) is 0 Å². The van der Waals surface area contributed by atoms with Crippen molar-refractivity contribution in [3.8, 4) is 6.01 Å². The van der Waals surface area contributed by atoms with Gasteiger partial charge in [-0.2, -0.15) is 9.97 Å². The minimum absolute atomic E-state index is 0.0291. The molecule has 0 bridgehead atoms. The van der Waals surface area contributed by atoms with Gasteiger partial charge in [0.1, 0.15) is 16.9 Å². The summed E-state index contributed by atoms with van der Waals surface area (Å²) in [4.78, 5) is 23.8. The average molecular weight is 371 g/mol. The van der Waals surface area contributed by atoms with Crippen LogP contribution in [0.4, 0.5) is 11.6 Å². The summed E-state index contributed by atoms with van der Waals surface area (Å²) in [5, 5.41) is 0. The van der Waals surface area contributed by atoms with Gasteiger partial charge < -0.3 is 14.5 Å². The van der Waals surface area contributed by atoms with Crippen LogP contribution in [0.25, 0.3) is 11.0 Å². The van der Waals surface area contributed by atoms with Crippen molar-refractivity contribution >= 4 is 22.7 Å². The highest BCUT2D eigenvalue weighted by Gasteiger charge is 2.24. The lowest BCUT2D eigenvalue weighted by Crippen LogP contribution is -2.32. The Balaban J connectivity index is 1.87. The summed E-state index contributed by atoms with van der Waals surface area (Å²) in [7, 11) is 0. The van der Waals surface area contributed by atoms with Gasteiger partial charge in [0.05, 0.1) is 6.10 Å². The van der Waals surface area contributed by atoms with Gasteiger partial charge in [0.2, 0.25) is 0 Å². The Labute approximate surface area is 161 Å². The van der Waals surface area contributed by atoms with Gasteiger partial charge in [0.15, 0.2) is 11.6 Å². The maximum atomic E-state index is 5.90. The van der Waals surface area contributed by atoms with Crippen LogP contribution in [0.5, 0.6) is 6.01 Å². The molecule has 7 heteroatoms. The second kappa shape index (κ2) is 7.82. The predicted molar refractivity (Wildman–Crippen MR) is 108 cm³/mol. The molecule has 2 fully saturated rings. The fraction of sp³-hybridized carbons (Fsp3) is 0.700. The molecule has 0 aromatic carbocycles. The zero-order chi connectivity index (χ0) is 18.8. The summed E-state index contributed by atoms with van der Waals surface area (Å²) >= 11 is 0. The molecule has 0 saturated carbocycles. The Morgan fingerprint density at radius 1 is 0.704 bits per heavy atom. The number of ether oxygens (including phenoxy) is 1. The molecule has 2 aliphatic rings. The molecule has 0 amide bonds. The van der Waals surface area contributed by atoms with E-state index in [9.17, 15) is 0 Å². The molecule has 4 rings (SSSR count). The average Bonchev–Trinajstić information content (AvgIpc) is 2.68. The Bertz CT molecular complexity index is 797. The van der Waals surface area contributed by atoms with E-state index < -0.39 is 0 Å². The summed E-state index contributed by atoms with van der Waals surface area (Å²) in [6.07, 6.45) is 7.37. The molecule has 0 unspecified atom stereocenters. The smallest absolute Gasteiger partial charge is 0.319 e. The molecule has 0 atom stereocenters. The van der Waals surface area contributed by atoms with Crippen LogP contribution >= 0.6 is 0 Å². The standard InChI is InChI=1S/C20H30N6O/c1-14(2)27-20-23-17-16(19(24-20)26-12-8-5-9-13-26)21-15(3)22-18(17)25-10-6-4-7-11-25/h14H,4-13H2,1-3H3. The lowest BCUT2D eigenvalue weighted by molar-refractivity contribution is 0.223. The minimum Gasteiger partial charge on any atom is -0.461 e. The van der Waals surface area contributed by atoms with E-state index >= 15 is 0 Å². The van der Waals surface area contributed by atoms with Crippen molar-refractivity contribution in [2.45, 2.75) is 65.4 Å². The van der Waals surface area contributed by atoms with Crippen molar-refractivity contribution < 1.29 is 4.74 Å². The first kappa shape index (κ1) is 18.2. The summed E-state index contributed by atoms with van der Waals surface area (Å²) in [5.41, 5.74) is 1.69. The summed E-state index contributed by atoms with van der Waals surface area (Å²) < 4.78 is 5.90. The highest BCUT2D eigenvalue weighted by Crippen LogP contribution is 2.33. The molecule has 2 saturated heterocycles. The Morgan fingerprint density at radius 2 is 1.22 bits per heavy atom. The quantitative estimate of drug-likeness (QED) is 0.816. The summed E-state index contributed by atoms with van der Waals surface area (Å²) in [6.45, 7) is 10.0. The fourth-order valence-corrected chi connectivity index (χ4v) is 3.99. The topological polar surface area (TPSA) is 67.3 Å². The minimum atomic E-state index is 0.0291. The third-order valence-corrected chi connectivity index (χ3v) is 5.25. The van der Waals surface area contributed by atoms with Gasteiger partial charge in [0.25, 0.3) is 0 Å². The van der Waals surface area contributed by atoms with Crippen LogP contribution in [0.1, 0.15) is 58.2 Å². The molecular weight excluding hydrogens is 340 g/mol. The molecule has 0 N–H and O–H groups in total. The lowest BCUT2D eigenvalue weighted by Gasteiger charge is -2.31. The van der Waals surface area contributed by atoms with E-state index in [2.05, 4.69) is 9.80 Å². The number of aromatic nitrogens is 4. The van der Waals surface area contributed by atoms with Gasteiger partial charge in [-0.3, -0.25) is 0 Å². The normalized spacial score (nSPS) is 18.4. The largest absolute Gasteiger partial charge is 0.461 e. The SMILES string of the molecule is Cc1nc(N2CCCCC2)c2nc(OC(C)C)nc(N3CCCCC3)c2n1. The van der Waals surface area contributed by atoms with E-state index in [4.69, 9.17) is 24.7 Å². The van der Waals surface area contributed by atoms with Gasteiger partial charge in [-0.15, -0.1) is 0 Å². The van der Waals surface area contributed by atoms with Gasteiger partial charge in [0, 0.05) is 26.2 Å². The lowest BCUT2D eigenvalue weighted by atomic mass is 10.1. The zero-order valence-electron chi connectivity index (χ0n) is 16.7. The van der Waals surface area contributed by atoms with Crippen molar-refractivity contribution in [2.24, 2.45) is 0 Å². The fourth-order valence-electron chi connectivity index (χ4n) is 3.99. The Morgan fingerprint density at radius 3 is 1.78 bits per heavy atom. The van der Waals surface area contributed by atoms with Gasteiger partial charge >= 0.3 is 6.01 Å². The molecule has 2 aromatic heterocycles. The van der Waals surface area contributed by atoms with E-state index in [1.807, 2.05) is 20.8 Å². The van der Waals surface area contributed by atoms with Gasteiger partial charge in [-0.1, -0.05) is 0 Å². The number of piperidine rings is 2. The first-order valence-corrected chi connectivity index (χ1v) is 10.3.